The number of benzene rings is 1. The van der Waals surface area contributed by atoms with Crippen molar-refractivity contribution in [2.24, 2.45) is 0 Å². The van der Waals surface area contributed by atoms with Crippen molar-refractivity contribution in [2.45, 2.75) is 13.8 Å². The van der Waals surface area contributed by atoms with E-state index in [0.717, 1.165) is 0 Å². The molecule has 0 aromatic heterocycles. The summed E-state index contributed by atoms with van der Waals surface area (Å²) in [5.41, 5.74) is 0.270. The molecule has 1 N–H and O–H groups in total. The van der Waals surface area contributed by atoms with Gasteiger partial charge in [-0.15, -0.1) is 0 Å². The Bertz CT molecular complexity index is 646. The number of halogens is 3. The van der Waals surface area contributed by atoms with Crippen LogP contribution >= 0.6 is 47.8 Å². The molecule has 1 aromatic rings. The van der Waals surface area contributed by atoms with Crippen LogP contribution in [0.2, 0.25) is 0 Å². The number of rotatable bonds is 3. The molecule has 1 aromatic carbocycles. The monoisotopic (exact) mass is 483 g/mol. The number of nitrogens with one attached hydrogen (secondary N) is 1. The van der Waals surface area contributed by atoms with Crippen molar-refractivity contribution in [1.29, 1.82) is 0 Å². The summed E-state index contributed by atoms with van der Waals surface area (Å²) in [6, 6.07) is 0. The van der Waals surface area contributed by atoms with Gasteiger partial charge in [-0.3, -0.25) is 9.59 Å². The molecule has 2 amide bonds. The van der Waals surface area contributed by atoms with Gasteiger partial charge >= 0.3 is 0 Å². The zero-order valence-electron chi connectivity index (χ0n) is 11.2. The Morgan fingerprint density at radius 1 is 1.05 bits per heavy atom. The molecule has 0 bridgehead atoms. The number of carboxylic acid groups (broad SMARTS) is 1. The topological polar surface area (TPSA) is 89.5 Å². The fourth-order valence-corrected chi connectivity index (χ4v) is 4.61. The first-order chi connectivity index (χ1) is 9.59. The lowest BCUT2D eigenvalue weighted by Gasteiger charge is -2.24. The molecule has 0 saturated carbocycles. The number of hydrogen-bond donors (Lipinski definition) is 1. The van der Waals surface area contributed by atoms with E-state index < -0.39 is 5.97 Å². The molecule has 0 atom stereocenters. The van der Waals surface area contributed by atoms with Crippen LogP contribution in [-0.2, 0) is 9.59 Å². The lowest BCUT2D eigenvalue weighted by Crippen LogP contribution is -2.28. The number of carbonyl (C=O) groups is 3. The lowest BCUT2D eigenvalue weighted by atomic mass is 10.1. The summed E-state index contributed by atoms with van der Waals surface area (Å²) in [7, 11) is 1.48. The van der Waals surface area contributed by atoms with Crippen molar-refractivity contribution in [3.63, 3.8) is 0 Å². The number of anilines is 2. The second kappa shape index (κ2) is 6.89. The molecule has 21 heavy (non-hydrogen) atoms. The Labute approximate surface area is 146 Å². The maximum atomic E-state index is 11.6. The van der Waals surface area contributed by atoms with Gasteiger partial charge in [-0.05, 0) is 47.8 Å². The molecule has 0 aliphatic heterocycles. The molecular weight excluding hydrogens is 476 g/mol. The Balaban J connectivity index is 3.79. The Kier molecular flexibility index (Phi) is 5.94. The summed E-state index contributed by atoms with van der Waals surface area (Å²) in [4.78, 5) is 35.4. The van der Waals surface area contributed by atoms with Crippen LogP contribution in [0.15, 0.2) is 13.4 Å². The third-order valence-corrected chi connectivity index (χ3v) is 4.94. The highest BCUT2D eigenvalue weighted by atomic mass is 79.9. The first-order valence-corrected chi connectivity index (χ1v) is 7.91. The zero-order valence-corrected chi connectivity index (χ0v) is 16.0. The highest BCUT2D eigenvalue weighted by Gasteiger charge is 2.25. The molecule has 0 aliphatic rings. The van der Waals surface area contributed by atoms with Gasteiger partial charge in [0, 0.05) is 26.5 Å². The van der Waals surface area contributed by atoms with Gasteiger partial charge in [0.1, 0.15) is 0 Å². The largest absolute Gasteiger partial charge is 0.545 e. The van der Waals surface area contributed by atoms with Gasteiger partial charge in [-0.1, -0.05) is 0 Å². The van der Waals surface area contributed by atoms with Gasteiger partial charge in [-0.2, -0.15) is 0 Å². The fraction of sp³-hybridized carbons (Fsp3) is 0.250. The summed E-state index contributed by atoms with van der Waals surface area (Å²) in [5.74, 6) is -2.15. The first kappa shape index (κ1) is 18.1. The van der Waals surface area contributed by atoms with Crippen LogP contribution in [0.4, 0.5) is 11.4 Å². The van der Waals surface area contributed by atoms with E-state index in [1.807, 2.05) is 0 Å². The highest BCUT2D eigenvalue weighted by Crippen LogP contribution is 2.46. The summed E-state index contributed by atoms with van der Waals surface area (Å²) in [5, 5.41) is 13.8. The molecular formula is C12H10Br3N2O4-. The number of aromatic carboxylic acids is 1. The van der Waals surface area contributed by atoms with Crippen molar-refractivity contribution in [2.75, 3.05) is 17.3 Å². The predicted molar refractivity (Wildman–Crippen MR) is 87.3 cm³/mol. The summed E-state index contributed by atoms with van der Waals surface area (Å²) < 4.78 is 0.657. The van der Waals surface area contributed by atoms with Crippen molar-refractivity contribution >= 4 is 76.9 Å². The van der Waals surface area contributed by atoms with Crippen LogP contribution < -0.4 is 15.3 Å². The Morgan fingerprint density at radius 3 is 1.95 bits per heavy atom. The molecule has 0 radical (unpaired) electrons. The van der Waals surface area contributed by atoms with E-state index >= 15 is 0 Å². The van der Waals surface area contributed by atoms with Crippen molar-refractivity contribution < 1.29 is 19.5 Å². The molecule has 1 rings (SSSR count). The quantitative estimate of drug-likeness (QED) is 0.711. The second-order valence-corrected chi connectivity index (χ2v) is 6.47. The van der Waals surface area contributed by atoms with E-state index in [2.05, 4.69) is 53.1 Å². The number of carbonyl (C=O) groups excluding carboxylic acids is 3. The van der Waals surface area contributed by atoms with Gasteiger partial charge in [0.15, 0.2) is 0 Å². The first-order valence-electron chi connectivity index (χ1n) is 5.53. The number of nitrogens with zero attached hydrogens (tertiary/aromatic N) is 1. The summed E-state index contributed by atoms with van der Waals surface area (Å²) in [6.45, 7) is 2.62. The average molecular weight is 486 g/mol. The van der Waals surface area contributed by atoms with Gasteiger partial charge in [0.05, 0.1) is 30.8 Å². The second-order valence-electron chi connectivity index (χ2n) is 4.09. The van der Waals surface area contributed by atoms with Crippen molar-refractivity contribution in [1.82, 2.24) is 0 Å². The fourth-order valence-electron chi connectivity index (χ4n) is 1.57. The maximum Gasteiger partial charge on any atom is 0.223 e. The molecule has 0 aliphatic carbocycles. The van der Waals surface area contributed by atoms with Gasteiger partial charge in [0.25, 0.3) is 0 Å². The number of carboxylic acids is 1. The highest BCUT2D eigenvalue weighted by molar-refractivity contribution is 9.12. The standard InChI is InChI=1S/C12H11Br3N2O4/c1-4(18)16-10-7(13)6(12(20)21)8(14)11(9(10)15)17(3)5(2)19/h1-3H3,(H,16,18)(H,20,21)/p-1. The third-order valence-electron chi connectivity index (χ3n) is 2.61. The van der Waals surface area contributed by atoms with Crippen LogP contribution in [-0.4, -0.2) is 24.8 Å². The van der Waals surface area contributed by atoms with Crippen LogP contribution in [0, 0.1) is 0 Å². The lowest BCUT2D eigenvalue weighted by molar-refractivity contribution is -0.255. The zero-order chi connectivity index (χ0) is 16.5. The van der Waals surface area contributed by atoms with Gasteiger partial charge in [-0.25, -0.2) is 0 Å². The van der Waals surface area contributed by atoms with Gasteiger partial charge in [0.2, 0.25) is 11.8 Å². The van der Waals surface area contributed by atoms with E-state index in [1.54, 1.807) is 0 Å². The molecule has 9 heteroatoms. The number of amides is 2. The molecule has 114 valence electrons. The molecule has 0 fully saturated rings. The van der Waals surface area contributed by atoms with E-state index in [0.29, 0.717) is 4.47 Å². The van der Waals surface area contributed by atoms with E-state index in [4.69, 9.17) is 0 Å². The summed E-state index contributed by atoms with van der Waals surface area (Å²) >= 11 is 9.58. The van der Waals surface area contributed by atoms with Gasteiger partial charge < -0.3 is 20.1 Å². The van der Waals surface area contributed by atoms with E-state index in [-0.39, 0.29) is 37.7 Å². The van der Waals surface area contributed by atoms with E-state index in [9.17, 15) is 19.5 Å². The predicted octanol–water partition coefficient (Wildman–Crippen LogP) is 2.28. The number of hydrogen-bond acceptors (Lipinski definition) is 4. The maximum absolute atomic E-state index is 11.6. The minimum atomic E-state index is -1.45. The van der Waals surface area contributed by atoms with Crippen LogP contribution in [0.5, 0.6) is 0 Å². The molecule has 0 spiro atoms. The normalized spacial score (nSPS) is 10.2. The van der Waals surface area contributed by atoms with Crippen molar-refractivity contribution in [3.8, 4) is 0 Å². The van der Waals surface area contributed by atoms with E-state index in [1.165, 1.54) is 25.8 Å². The molecule has 0 saturated heterocycles. The minimum absolute atomic E-state index is 0.136. The van der Waals surface area contributed by atoms with Crippen LogP contribution in [0.1, 0.15) is 24.2 Å². The summed E-state index contributed by atoms with van der Waals surface area (Å²) in [6.07, 6.45) is 0. The average Bonchev–Trinajstić information content (AvgIpc) is 2.33. The van der Waals surface area contributed by atoms with Crippen LogP contribution in [0.3, 0.4) is 0 Å². The minimum Gasteiger partial charge on any atom is -0.545 e. The Hall–Kier alpha value is -0.930. The SMILES string of the molecule is CC(=O)Nc1c(Br)c(C(=O)[O-])c(Br)c(N(C)C(C)=O)c1Br. The smallest absolute Gasteiger partial charge is 0.223 e. The third kappa shape index (κ3) is 3.64. The van der Waals surface area contributed by atoms with Crippen molar-refractivity contribution in [3.05, 3.63) is 19.0 Å². The molecule has 0 unspecified atom stereocenters. The molecule has 0 heterocycles. The Morgan fingerprint density at radius 2 is 1.57 bits per heavy atom. The van der Waals surface area contributed by atoms with Crippen LogP contribution in [0.25, 0.3) is 0 Å². The molecule has 6 nitrogen and oxygen atoms in total.